The smallest absolute Gasteiger partial charge is 0.261 e. The predicted molar refractivity (Wildman–Crippen MR) is 81.9 cm³/mol. The molecule has 2 aliphatic rings. The van der Waals surface area contributed by atoms with Gasteiger partial charge in [0.05, 0.1) is 10.7 Å². The van der Waals surface area contributed by atoms with Gasteiger partial charge in [-0.2, -0.15) is 0 Å². The standard InChI is InChI=1S/C16H16ClNO4/c1-21-9-22-14-8-10(6-7-13(14)17)18-15(19)11-4-2-3-5-12(11)16(18)20/h6-8H,2-5,9H2,1H3. The molecule has 0 saturated carbocycles. The van der Waals surface area contributed by atoms with Crippen LogP contribution in [0.4, 0.5) is 5.69 Å². The van der Waals surface area contributed by atoms with E-state index in [4.69, 9.17) is 21.1 Å². The molecule has 0 atom stereocenters. The molecule has 1 aromatic rings. The van der Waals surface area contributed by atoms with Gasteiger partial charge in [-0.25, -0.2) is 4.90 Å². The van der Waals surface area contributed by atoms with Gasteiger partial charge >= 0.3 is 0 Å². The molecule has 0 unspecified atom stereocenters. The van der Waals surface area contributed by atoms with Gasteiger partial charge in [0, 0.05) is 24.3 Å². The van der Waals surface area contributed by atoms with E-state index in [0.29, 0.717) is 40.4 Å². The second-order valence-corrected chi connectivity index (χ2v) is 5.68. The average molecular weight is 322 g/mol. The summed E-state index contributed by atoms with van der Waals surface area (Å²) >= 11 is 6.05. The third-order valence-electron chi connectivity index (χ3n) is 3.90. The molecule has 1 aromatic carbocycles. The van der Waals surface area contributed by atoms with Crippen molar-refractivity contribution >= 4 is 29.1 Å². The lowest BCUT2D eigenvalue weighted by Gasteiger charge is -2.17. The van der Waals surface area contributed by atoms with Crippen LogP contribution >= 0.6 is 11.6 Å². The third-order valence-corrected chi connectivity index (χ3v) is 4.21. The molecule has 116 valence electrons. The normalized spacial score (nSPS) is 18.0. The summed E-state index contributed by atoms with van der Waals surface area (Å²) in [5, 5.41) is 0.401. The van der Waals surface area contributed by atoms with E-state index in [9.17, 15) is 9.59 Å². The van der Waals surface area contributed by atoms with E-state index in [1.807, 2.05) is 0 Å². The summed E-state index contributed by atoms with van der Waals surface area (Å²) in [5.74, 6) is -0.0640. The molecule has 0 aromatic heterocycles. The number of hydrogen-bond acceptors (Lipinski definition) is 4. The van der Waals surface area contributed by atoms with Crippen LogP contribution in [0.2, 0.25) is 5.02 Å². The molecule has 0 saturated heterocycles. The Morgan fingerprint density at radius 3 is 2.36 bits per heavy atom. The minimum Gasteiger partial charge on any atom is -0.466 e. The van der Waals surface area contributed by atoms with Crippen LogP contribution in [0, 0.1) is 0 Å². The molecule has 1 aliphatic heterocycles. The Bertz CT molecular complexity index is 640. The number of halogens is 1. The SMILES string of the molecule is COCOc1cc(N2C(=O)C3=C(CCCC3)C2=O)ccc1Cl. The highest BCUT2D eigenvalue weighted by Gasteiger charge is 2.39. The van der Waals surface area contributed by atoms with Crippen LogP contribution in [-0.2, 0) is 14.3 Å². The number of benzene rings is 1. The van der Waals surface area contributed by atoms with Crippen LogP contribution in [0.15, 0.2) is 29.3 Å². The van der Waals surface area contributed by atoms with Crippen molar-refractivity contribution in [3.63, 3.8) is 0 Å². The molecule has 0 radical (unpaired) electrons. The summed E-state index contributed by atoms with van der Waals surface area (Å²) in [6.07, 6.45) is 3.26. The van der Waals surface area contributed by atoms with Crippen LogP contribution in [0.25, 0.3) is 0 Å². The largest absolute Gasteiger partial charge is 0.466 e. The van der Waals surface area contributed by atoms with E-state index < -0.39 is 0 Å². The van der Waals surface area contributed by atoms with Gasteiger partial charge in [-0.05, 0) is 37.8 Å². The van der Waals surface area contributed by atoms with Crippen molar-refractivity contribution in [2.45, 2.75) is 25.7 Å². The van der Waals surface area contributed by atoms with E-state index >= 15 is 0 Å². The molecular weight excluding hydrogens is 306 g/mol. The van der Waals surface area contributed by atoms with Crippen molar-refractivity contribution < 1.29 is 19.1 Å². The summed E-state index contributed by atoms with van der Waals surface area (Å²) < 4.78 is 10.2. The summed E-state index contributed by atoms with van der Waals surface area (Å²) in [4.78, 5) is 26.2. The quantitative estimate of drug-likeness (QED) is 0.631. The third kappa shape index (κ3) is 2.51. The number of amides is 2. The number of rotatable bonds is 4. The van der Waals surface area contributed by atoms with Gasteiger partial charge in [0.1, 0.15) is 5.75 Å². The first-order valence-electron chi connectivity index (χ1n) is 7.15. The van der Waals surface area contributed by atoms with Crippen molar-refractivity contribution in [2.75, 3.05) is 18.8 Å². The van der Waals surface area contributed by atoms with Crippen molar-refractivity contribution in [3.8, 4) is 5.75 Å². The van der Waals surface area contributed by atoms with Crippen molar-refractivity contribution in [1.29, 1.82) is 0 Å². The van der Waals surface area contributed by atoms with Crippen molar-refractivity contribution in [3.05, 3.63) is 34.4 Å². The first kappa shape index (κ1) is 15.1. The fraction of sp³-hybridized carbons (Fsp3) is 0.375. The van der Waals surface area contributed by atoms with Crippen LogP contribution < -0.4 is 9.64 Å². The Hall–Kier alpha value is -1.85. The van der Waals surface area contributed by atoms with E-state index in [1.54, 1.807) is 18.2 Å². The Labute approximate surface area is 133 Å². The highest BCUT2D eigenvalue weighted by molar-refractivity contribution is 6.34. The lowest BCUT2D eigenvalue weighted by molar-refractivity contribution is -0.120. The number of methoxy groups -OCH3 is 1. The van der Waals surface area contributed by atoms with E-state index in [2.05, 4.69) is 0 Å². The maximum absolute atomic E-state index is 12.5. The highest BCUT2D eigenvalue weighted by Crippen LogP contribution is 2.37. The highest BCUT2D eigenvalue weighted by atomic mass is 35.5. The molecule has 0 bridgehead atoms. The molecule has 22 heavy (non-hydrogen) atoms. The first-order valence-corrected chi connectivity index (χ1v) is 7.53. The molecule has 2 amide bonds. The second-order valence-electron chi connectivity index (χ2n) is 5.28. The molecule has 1 aliphatic carbocycles. The summed E-state index contributed by atoms with van der Waals surface area (Å²) in [7, 11) is 1.50. The average Bonchev–Trinajstić information content (AvgIpc) is 2.79. The van der Waals surface area contributed by atoms with Gasteiger partial charge in [0.2, 0.25) is 0 Å². The van der Waals surface area contributed by atoms with Crippen molar-refractivity contribution in [1.82, 2.24) is 0 Å². The van der Waals surface area contributed by atoms with Gasteiger partial charge in [-0.15, -0.1) is 0 Å². The van der Waals surface area contributed by atoms with Gasteiger partial charge in [0.15, 0.2) is 6.79 Å². The maximum Gasteiger partial charge on any atom is 0.261 e. The zero-order valence-electron chi connectivity index (χ0n) is 12.2. The minimum atomic E-state index is -0.222. The molecule has 0 spiro atoms. The lowest BCUT2D eigenvalue weighted by Crippen LogP contribution is -2.31. The minimum absolute atomic E-state index is 0.0415. The van der Waals surface area contributed by atoms with Crippen LogP contribution in [-0.4, -0.2) is 25.7 Å². The molecule has 6 heteroatoms. The zero-order valence-corrected chi connectivity index (χ0v) is 13.0. The number of anilines is 1. The predicted octanol–water partition coefficient (Wildman–Crippen LogP) is 3.07. The number of nitrogens with zero attached hydrogens (tertiary/aromatic N) is 1. The lowest BCUT2D eigenvalue weighted by atomic mass is 9.93. The topological polar surface area (TPSA) is 55.8 Å². The number of ether oxygens (including phenoxy) is 2. The van der Waals surface area contributed by atoms with Crippen LogP contribution in [0.5, 0.6) is 5.75 Å². The van der Waals surface area contributed by atoms with Gasteiger partial charge in [0.25, 0.3) is 11.8 Å². The number of carbonyl (C=O) groups excluding carboxylic acids is 2. The zero-order chi connectivity index (χ0) is 15.7. The van der Waals surface area contributed by atoms with Gasteiger partial charge < -0.3 is 9.47 Å². The van der Waals surface area contributed by atoms with E-state index in [-0.39, 0.29) is 18.6 Å². The Kier molecular flexibility index (Phi) is 4.18. The fourth-order valence-electron chi connectivity index (χ4n) is 2.84. The second kappa shape index (κ2) is 6.10. The molecule has 3 rings (SSSR count). The molecule has 5 nitrogen and oxygen atoms in total. The van der Waals surface area contributed by atoms with Crippen molar-refractivity contribution in [2.24, 2.45) is 0 Å². The van der Waals surface area contributed by atoms with E-state index in [1.165, 1.54) is 12.0 Å². The molecule has 1 heterocycles. The molecule has 0 N–H and O–H groups in total. The fourth-order valence-corrected chi connectivity index (χ4v) is 3.01. The number of carbonyl (C=O) groups is 2. The number of imide groups is 1. The van der Waals surface area contributed by atoms with Gasteiger partial charge in [-0.3, -0.25) is 9.59 Å². The molecule has 0 fully saturated rings. The number of hydrogen-bond donors (Lipinski definition) is 0. The Morgan fingerprint density at radius 1 is 1.14 bits per heavy atom. The first-order chi connectivity index (χ1) is 10.6. The Balaban J connectivity index is 1.92. The summed E-state index contributed by atoms with van der Waals surface area (Å²) in [6.45, 7) is 0.0415. The molecular formula is C16H16ClNO4. The van der Waals surface area contributed by atoms with Crippen LogP contribution in [0.1, 0.15) is 25.7 Å². The summed E-state index contributed by atoms with van der Waals surface area (Å²) in [5.41, 5.74) is 1.79. The van der Waals surface area contributed by atoms with E-state index in [0.717, 1.165) is 12.8 Å². The summed E-state index contributed by atoms with van der Waals surface area (Å²) in [6, 6.07) is 4.85. The monoisotopic (exact) mass is 321 g/mol. The Morgan fingerprint density at radius 2 is 1.77 bits per heavy atom. The van der Waals surface area contributed by atoms with Gasteiger partial charge in [-0.1, -0.05) is 11.6 Å². The van der Waals surface area contributed by atoms with Crippen LogP contribution in [0.3, 0.4) is 0 Å². The maximum atomic E-state index is 12.5.